The Morgan fingerprint density at radius 2 is 1.30 bits per heavy atom. The average Bonchev–Trinajstić information content (AvgIpc) is 2.60. The summed E-state index contributed by atoms with van der Waals surface area (Å²) < 4.78 is 75.0. The van der Waals surface area contributed by atoms with Gasteiger partial charge in [-0.3, -0.25) is 0 Å². The molecule has 3 nitrogen and oxygen atoms in total. The number of nitrogens with two attached hydrogens (primary N) is 1. The number of hydrogen-bond acceptors (Lipinski definition) is 2. The maximum Gasteiger partial charge on any atom is 0.419 e. The van der Waals surface area contributed by atoms with Gasteiger partial charge in [0.25, 0.3) is 0 Å². The summed E-state index contributed by atoms with van der Waals surface area (Å²) in [5, 5.41) is 5.07. The lowest BCUT2D eigenvalue weighted by Gasteiger charge is -2.13. The minimum absolute atomic E-state index is 0.0655. The van der Waals surface area contributed by atoms with Gasteiger partial charge in [0.1, 0.15) is 5.82 Å². The zero-order chi connectivity index (χ0) is 19.8. The van der Waals surface area contributed by atoms with Gasteiger partial charge in [-0.15, -0.1) is 0 Å². The third-order valence-electron chi connectivity index (χ3n) is 4.01. The Hall–Kier alpha value is -2.71. The molecule has 0 aromatic heterocycles. The number of alkyl halides is 3. The van der Waals surface area contributed by atoms with Crippen molar-refractivity contribution in [1.82, 2.24) is 0 Å². The van der Waals surface area contributed by atoms with Gasteiger partial charge >= 0.3 is 6.18 Å². The molecule has 0 heterocycles. The molecule has 140 valence electrons. The first-order valence-corrected chi connectivity index (χ1v) is 9.21. The number of hydrogen-bond donors (Lipinski definition) is 1. The van der Waals surface area contributed by atoms with Crippen LogP contribution in [-0.4, -0.2) is 8.42 Å². The van der Waals surface area contributed by atoms with Crippen molar-refractivity contribution >= 4 is 10.0 Å². The minimum Gasteiger partial charge on any atom is -0.225 e. The third-order valence-corrected chi connectivity index (χ3v) is 4.94. The van der Waals surface area contributed by atoms with Crippen LogP contribution in [0.2, 0.25) is 0 Å². The Morgan fingerprint density at radius 3 is 1.78 bits per heavy atom. The lowest BCUT2D eigenvalue weighted by atomic mass is 9.94. The van der Waals surface area contributed by atoms with Crippen LogP contribution in [0.25, 0.3) is 22.3 Å². The fraction of sp³-hybridized carbons (Fsp3) is 0.0526. The molecule has 0 bridgehead atoms. The second kappa shape index (κ2) is 6.79. The van der Waals surface area contributed by atoms with Crippen LogP contribution >= 0.6 is 0 Å². The summed E-state index contributed by atoms with van der Waals surface area (Å²) in [6.45, 7) is 0. The highest BCUT2D eigenvalue weighted by Crippen LogP contribution is 2.36. The predicted molar refractivity (Wildman–Crippen MR) is 93.6 cm³/mol. The molecule has 0 aliphatic carbocycles. The van der Waals surface area contributed by atoms with E-state index in [9.17, 15) is 26.0 Å². The van der Waals surface area contributed by atoms with Gasteiger partial charge in [-0.1, -0.05) is 42.5 Å². The lowest BCUT2D eigenvalue weighted by molar-refractivity contribution is -0.139. The van der Waals surface area contributed by atoms with Crippen LogP contribution in [0, 0.1) is 5.82 Å². The first-order valence-electron chi connectivity index (χ1n) is 7.67. The van der Waals surface area contributed by atoms with Crippen molar-refractivity contribution in [2.45, 2.75) is 11.1 Å². The Balaban J connectivity index is 2.09. The zero-order valence-corrected chi connectivity index (χ0v) is 14.5. The van der Waals surface area contributed by atoms with Crippen LogP contribution in [0.4, 0.5) is 17.6 Å². The standard InChI is InChI=1S/C19H13F4NO2S/c20-18-11-13(7-10-17(18)19(21,22)23)16-4-2-1-3-15(16)12-5-8-14(9-6-12)27(24,25)26/h1-11H,(H2,24,25,26). The summed E-state index contributed by atoms with van der Waals surface area (Å²) in [6.07, 6.45) is -4.77. The molecule has 0 amide bonds. The normalized spacial score (nSPS) is 12.2. The number of primary sulfonamides is 1. The molecule has 2 N–H and O–H groups in total. The van der Waals surface area contributed by atoms with Gasteiger partial charge in [0, 0.05) is 0 Å². The highest BCUT2D eigenvalue weighted by atomic mass is 32.2. The van der Waals surface area contributed by atoms with Crippen molar-refractivity contribution in [2.24, 2.45) is 5.14 Å². The van der Waals surface area contributed by atoms with Gasteiger partial charge < -0.3 is 0 Å². The number of rotatable bonds is 3. The molecule has 0 aliphatic rings. The van der Waals surface area contributed by atoms with E-state index in [2.05, 4.69) is 0 Å². The number of benzene rings is 3. The largest absolute Gasteiger partial charge is 0.419 e. The Kier molecular flexibility index (Phi) is 4.79. The van der Waals surface area contributed by atoms with Gasteiger partial charge in [-0.25, -0.2) is 17.9 Å². The highest BCUT2D eigenvalue weighted by molar-refractivity contribution is 7.89. The maximum atomic E-state index is 13.9. The first kappa shape index (κ1) is 19.1. The van der Waals surface area contributed by atoms with Gasteiger partial charge in [0.15, 0.2) is 0 Å². The van der Waals surface area contributed by atoms with E-state index in [1.54, 1.807) is 24.3 Å². The van der Waals surface area contributed by atoms with E-state index in [1.165, 1.54) is 30.3 Å². The molecular formula is C19H13F4NO2S. The minimum atomic E-state index is -4.77. The van der Waals surface area contributed by atoms with Crippen molar-refractivity contribution in [3.8, 4) is 22.3 Å². The summed E-state index contributed by atoms with van der Waals surface area (Å²) >= 11 is 0. The molecule has 0 unspecified atom stereocenters. The molecule has 0 fully saturated rings. The van der Waals surface area contributed by atoms with E-state index in [4.69, 9.17) is 5.14 Å². The van der Waals surface area contributed by atoms with Gasteiger partial charge in [-0.2, -0.15) is 13.2 Å². The molecule has 3 rings (SSSR count). The lowest BCUT2D eigenvalue weighted by Crippen LogP contribution is -2.11. The monoisotopic (exact) mass is 395 g/mol. The van der Waals surface area contributed by atoms with Crippen LogP contribution < -0.4 is 5.14 Å². The molecule has 27 heavy (non-hydrogen) atoms. The van der Waals surface area contributed by atoms with Crippen LogP contribution in [0.15, 0.2) is 71.6 Å². The van der Waals surface area contributed by atoms with E-state index in [1.807, 2.05) is 0 Å². The molecule has 3 aromatic carbocycles. The quantitative estimate of drug-likeness (QED) is 0.646. The number of sulfonamides is 1. The smallest absolute Gasteiger partial charge is 0.225 e. The van der Waals surface area contributed by atoms with Crippen molar-refractivity contribution < 1.29 is 26.0 Å². The van der Waals surface area contributed by atoms with Crippen LogP contribution in [0.1, 0.15) is 5.56 Å². The topological polar surface area (TPSA) is 60.2 Å². The summed E-state index contributed by atoms with van der Waals surface area (Å²) in [5.74, 6) is -1.36. The van der Waals surface area contributed by atoms with E-state index in [0.717, 1.165) is 6.07 Å². The van der Waals surface area contributed by atoms with Crippen molar-refractivity contribution in [1.29, 1.82) is 0 Å². The van der Waals surface area contributed by atoms with Crippen molar-refractivity contribution in [3.63, 3.8) is 0 Å². The second-order valence-corrected chi connectivity index (χ2v) is 7.37. The number of halogens is 4. The fourth-order valence-corrected chi connectivity index (χ4v) is 3.24. The SMILES string of the molecule is NS(=O)(=O)c1ccc(-c2ccccc2-c2ccc(C(F)(F)F)c(F)c2)cc1. The summed E-state index contributed by atoms with van der Waals surface area (Å²) in [4.78, 5) is -0.0655. The molecule has 0 aliphatic heterocycles. The molecule has 0 saturated heterocycles. The van der Waals surface area contributed by atoms with Crippen LogP contribution in [0.3, 0.4) is 0 Å². The van der Waals surface area contributed by atoms with E-state index in [0.29, 0.717) is 22.8 Å². The van der Waals surface area contributed by atoms with Crippen molar-refractivity contribution in [3.05, 3.63) is 78.1 Å². The van der Waals surface area contributed by atoms with E-state index < -0.39 is 27.6 Å². The molecule has 0 saturated carbocycles. The molecule has 0 spiro atoms. The zero-order valence-electron chi connectivity index (χ0n) is 13.7. The molecule has 0 atom stereocenters. The van der Waals surface area contributed by atoms with Gasteiger partial charge in [-0.05, 0) is 46.5 Å². The molecule has 3 aromatic rings. The third kappa shape index (κ3) is 4.01. The van der Waals surface area contributed by atoms with Crippen molar-refractivity contribution in [2.75, 3.05) is 0 Å². The second-order valence-electron chi connectivity index (χ2n) is 5.81. The highest BCUT2D eigenvalue weighted by Gasteiger charge is 2.34. The Morgan fingerprint density at radius 1 is 0.778 bits per heavy atom. The molecular weight excluding hydrogens is 382 g/mol. The Labute approximate surface area is 153 Å². The van der Waals surface area contributed by atoms with Crippen LogP contribution in [0.5, 0.6) is 0 Å². The molecule has 0 radical (unpaired) electrons. The Bertz CT molecular complexity index is 1090. The van der Waals surface area contributed by atoms with E-state index in [-0.39, 0.29) is 10.5 Å². The summed E-state index contributed by atoms with van der Waals surface area (Å²) in [5.41, 5.74) is 0.664. The van der Waals surface area contributed by atoms with E-state index >= 15 is 0 Å². The first-order chi connectivity index (χ1) is 12.6. The summed E-state index contributed by atoms with van der Waals surface area (Å²) in [6, 6.07) is 15.2. The van der Waals surface area contributed by atoms with Crippen LogP contribution in [-0.2, 0) is 16.2 Å². The maximum absolute atomic E-state index is 13.9. The summed E-state index contributed by atoms with van der Waals surface area (Å²) in [7, 11) is -3.84. The molecule has 8 heteroatoms. The predicted octanol–water partition coefficient (Wildman–Crippen LogP) is 4.83. The fourth-order valence-electron chi connectivity index (χ4n) is 2.72. The average molecular weight is 395 g/mol. The van der Waals surface area contributed by atoms with Gasteiger partial charge in [0.2, 0.25) is 10.0 Å². The van der Waals surface area contributed by atoms with Gasteiger partial charge in [0.05, 0.1) is 10.5 Å².